The largest absolute Gasteiger partial charge is 1.00 e. The Balaban J connectivity index is 0.00000225. The summed E-state index contributed by atoms with van der Waals surface area (Å²) in [5.74, 6) is 0. The van der Waals surface area contributed by atoms with E-state index in [0.717, 1.165) is 0 Å². The van der Waals surface area contributed by atoms with Crippen molar-refractivity contribution >= 4 is 24.0 Å². The van der Waals surface area contributed by atoms with Crippen LogP contribution in [0.25, 0.3) is 0 Å². The number of hydrogen-bond acceptors (Lipinski definition) is 1. The van der Waals surface area contributed by atoms with Crippen molar-refractivity contribution in [3.8, 4) is 0 Å². The summed E-state index contributed by atoms with van der Waals surface area (Å²) in [7, 11) is 0. The first-order chi connectivity index (χ1) is 6.62. The van der Waals surface area contributed by atoms with E-state index in [4.69, 9.17) is 11.6 Å². The Morgan fingerprint density at radius 2 is 1.69 bits per heavy atom. The van der Waals surface area contributed by atoms with Gasteiger partial charge in [-0.15, -0.1) is 0 Å². The molecule has 1 rings (SSSR count). The minimum absolute atomic E-state index is 0. The third kappa shape index (κ3) is 4.19. The van der Waals surface area contributed by atoms with E-state index >= 15 is 0 Å². The van der Waals surface area contributed by atoms with Crippen molar-refractivity contribution in [3.05, 3.63) is 23.0 Å². The predicted molar refractivity (Wildman–Crippen MR) is 43.0 cm³/mol. The summed E-state index contributed by atoms with van der Waals surface area (Å²) in [5.41, 5.74) is -2.78. The maximum atomic E-state index is 12.1. The van der Waals surface area contributed by atoms with Gasteiger partial charge in [-0.3, -0.25) is 4.98 Å². The van der Waals surface area contributed by atoms with Crippen molar-refractivity contribution in [1.82, 2.24) is 4.98 Å². The molecule has 84 valence electrons. The molecular formula is C6H2BClF6KN. The zero-order chi connectivity index (χ0) is 11.9. The summed E-state index contributed by atoms with van der Waals surface area (Å²) in [6.45, 7) is -5.39. The summed E-state index contributed by atoms with van der Waals surface area (Å²) in [5, 5.41) is -1.06. The van der Waals surface area contributed by atoms with Crippen LogP contribution in [-0.4, -0.2) is 12.0 Å². The van der Waals surface area contributed by atoms with Crippen LogP contribution in [0.4, 0.5) is 26.1 Å². The van der Waals surface area contributed by atoms with Crippen molar-refractivity contribution in [3.63, 3.8) is 0 Å². The van der Waals surface area contributed by atoms with Crippen LogP contribution in [-0.2, 0) is 6.18 Å². The Morgan fingerprint density at radius 1 is 1.19 bits per heavy atom. The number of rotatable bonds is 1. The molecule has 0 atom stereocenters. The molecule has 0 aliphatic heterocycles. The van der Waals surface area contributed by atoms with Crippen LogP contribution in [0.2, 0.25) is 5.02 Å². The summed E-state index contributed by atoms with van der Waals surface area (Å²) in [6.07, 6.45) is -4.73. The minimum atomic E-state index is -5.39. The summed E-state index contributed by atoms with van der Waals surface area (Å²) < 4.78 is 72.4. The van der Waals surface area contributed by atoms with Gasteiger partial charge >= 0.3 is 64.5 Å². The monoisotopic (exact) mass is 287 g/mol. The van der Waals surface area contributed by atoms with Gasteiger partial charge in [0.1, 0.15) is 0 Å². The van der Waals surface area contributed by atoms with Crippen molar-refractivity contribution < 1.29 is 77.5 Å². The first-order valence-electron chi connectivity index (χ1n) is 3.55. The van der Waals surface area contributed by atoms with E-state index in [-0.39, 0.29) is 63.6 Å². The fourth-order valence-electron chi connectivity index (χ4n) is 0.840. The van der Waals surface area contributed by atoms with Crippen LogP contribution in [0, 0.1) is 0 Å². The zero-order valence-corrected chi connectivity index (χ0v) is 11.7. The molecule has 10 heteroatoms. The third-order valence-corrected chi connectivity index (χ3v) is 1.80. The molecule has 0 N–H and O–H groups in total. The molecule has 0 radical (unpaired) electrons. The molecule has 1 aromatic heterocycles. The van der Waals surface area contributed by atoms with Gasteiger partial charge in [0.05, 0.1) is 5.02 Å². The number of nitrogens with zero attached hydrogens (tertiary/aromatic N) is 1. The quantitative estimate of drug-likeness (QED) is 0.515. The fourth-order valence-corrected chi connectivity index (χ4v) is 1.12. The Bertz CT molecular complexity index is 378. The Kier molecular flexibility index (Phi) is 5.83. The second-order valence-corrected chi connectivity index (χ2v) is 3.08. The van der Waals surface area contributed by atoms with Gasteiger partial charge in [0.25, 0.3) is 0 Å². The maximum absolute atomic E-state index is 12.1. The number of pyridine rings is 1. The van der Waals surface area contributed by atoms with Crippen LogP contribution >= 0.6 is 11.6 Å². The van der Waals surface area contributed by atoms with E-state index in [9.17, 15) is 26.1 Å². The first kappa shape index (κ1) is 16.7. The predicted octanol–water partition coefficient (Wildman–Crippen LogP) is -0.188. The molecule has 0 amide bonds. The first-order valence-corrected chi connectivity index (χ1v) is 3.93. The van der Waals surface area contributed by atoms with E-state index in [1.54, 1.807) is 0 Å². The van der Waals surface area contributed by atoms with Gasteiger partial charge in [-0.25, -0.2) is 0 Å². The van der Waals surface area contributed by atoms with Crippen LogP contribution in [0.15, 0.2) is 12.3 Å². The van der Waals surface area contributed by atoms with E-state index in [1.165, 1.54) is 0 Å². The van der Waals surface area contributed by atoms with Gasteiger partial charge in [0.2, 0.25) is 0 Å². The van der Waals surface area contributed by atoms with Crippen LogP contribution in [0.1, 0.15) is 5.69 Å². The van der Waals surface area contributed by atoms with Crippen LogP contribution in [0.5, 0.6) is 0 Å². The Morgan fingerprint density at radius 3 is 2.00 bits per heavy atom. The van der Waals surface area contributed by atoms with Crippen LogP contribution < -0.4 is 56.8 Å². The molecule has 1 heterocycles. The van der Waals surface area contributed by atoms with Gasteiger partial charge in [0, 0.05) is 6.20 Å². The zero-order valence-electron chi connectivity index (χ0n) is 7.83. The molecule has 0 aromatic carbocycles. The smallest absolute Gasteiger partial charge is 0.445 e. The molecule has 16 heavy (non-hydrogen) atoms. The summed E-state index contributed by atoms with van der Waals surface area (Å²) in [4.78, 5) is 2.65. The molecular weight excluding hydrogens is 285 g/mol. The van der Waals surface area contributed by atoms with E-state index in [0.29, 0.717) is 0 Å². The Labute approximate surface area is 134 Å². The second-order valence-electron chi connectivity index (χ2n) is 2.67. The average Bonchev–Trinajstić information content (AvgIpc) is 1.99. The van der Waals surface area contributed by atoms with E-state index < -0.39 is 29.3 Å². The van der Waals surface area contributed by atoms with Gasteiger partial charge in [-0.2, -0.15) is 13.2 Å². The molecule has 0 aliphatic rings. The van der Waals surface area contributed by atoms with Gasteiger partial charge < -0.3 is 12.9 Å². The fraction of sp³-hybridized carbons (Fsp3) is 0.167. The normalized spacial score (nSPS) is 12.2. The number of aromatic nitrogens is 1. The number of hydrogen-bond donors (Lipinski definition) is 0. The third-order valence-electron chi connectivity index (χ3n) is 1.51. The Hall–Kier alpha value is 0.721. The van der Waals surface area contributed by atoms with Crippen LogP contribution in [0.3, 0.4) is 0 Å². The second kappa shape index (κ2) is 5.57. The van der Waals surface area contributed by atoms with Crippen molar-refractivity contribution in [2.75, 3.05) is 0 Å². The van der Waals surface area contributed by atoms with Gasteiger partial charge in [-0.1, -0.05) is 23.1 Å². The minimum Gasteiger partial charge on any atom is -0.445 e. The summed E-state index contributed by atoms with van der Waals surface area (Å²) in [6, 6.07) is 0.220. The average molecular weight is 287 g/mol. The molecule has 0 saturated heterocycles. The maximum Gasteiger partial charge on any atom is 1.00 e. The van der Waals surface area contributed by atoms with Crippen molar-refractivity contribution in [1.29, 1.82) is 0 Å². The molecule has 0 saturated carbocycles. The van der Waals surface area contributed by atoms with E-state index in [1.807, 2.05) is 0 Å². The van der Waals surface area contributed by atoms with Crippen molar-refractivity contribution in [2.45, 2.75) is 6.18 Å². The molecule has 1 nitrogen and oxygen atoms in total. The molecule has 0 bridgehead atoms. The molecule has 1 aromatic rings. The molecule has 0 fully saturated rings. The molecule has 0 spiro atoms. The van der Waals surface area contributed by atoms with Crippen molar-refractivity contribution in [2.24, 2.45) is 0 Å². The summed E-state index contributed by atoms with van der Waals surface area (Å²) >= 11 is 5.05. The topological polar surface area (TPSA) is 12.9 Å². The standard InChI is InChI=1S/C6H2BClF6N.K/c8-4-1-3(7(12,13)14)2-15-5(4)6(9,10)11;/h1-2H;/q-1;+1. The van der Waals surface area contributed by atoms with Gasteiger partial charge in [-0.05, 0) is 0 Å². The number of alkyl halides is 3. The number of halogens is 7. The van der Waals surface area contributed by atoms with E-state index in [2.05, 4.69) is 4.98 Å². The van der Waals surface area contributed by atoms with Gasteiger partial charge in [0.15, 0.2) is 5.69 Å². The molecule has 0 unspecified atom stereocenters. The SMILES string of the molecule is F[B-](F)(F)c1cnc(C(F)(F)F)c(Cl)c1.[K+]. The molecule has 0 aliphatic carbocycles.